The van der Waals surface area contributed by atoms with Crippen LogP contribution in [0.5, 0.6) is 0 Å². The second-order valence-electron chi connectivity index (χ2n) is 5.61. The van der Waals surface area contributed by atoms with Crippen LogP contribution in [0.2, 0.25) is 5.02 Å². The molecule has 1 unspecified atom stereocenters. The van der Waals surface area contributed by atoms with Gasteiger partial charge in [0.05, 0.1) is 6.10 Å². The van der Waals surface area contributed by atoms with Crippen LogP contribution >= 0.6 is 11.6 Å². The van der Waals surface area contributed by atoms with E-state index >= 15 is 0 Å². The molecule has 2 aromatic carbocycles. The van der Waals surface area contributed by atoms with Gasteiger partial charge >= 0.3 is 0 Å². The normalized spacial score (nSPS) is 17.8. The highest BCUT2D eigenvalue weighted by molar-refractivity contribution is 6.31. The van der Waals surface area contributed by atoms with E-state index in [0.29, 0.717) is 11.6 Å². The van der Waals surface area contributed by atoms with E-state index < -0.39 is 6.10 Å². The maximum absolute atomic E-state index is 10.9. The van der Waals surface area contributed by atoms with Gasteiger partial charge in [-0.15, -0.1) is 0 Å². The largest absolute Gasteiger partial charge is 0.388 e. The predicted octanol–water partition coefficient (Wildman–Crippen LogP) is 3.12. The smallest absolute Gasteiger partial charge is 0.0879 e. The summed E-state index contributed by atoms with van der Waals surface area (Å²) in [6.45, 7) is 0.439. The van der Waals surface area contributed by atoms with Gasteiger partial charge in [-0.25, -0.2) is 0 Å². The maximum atomic E-state index is 10.9. The molecule has 3 rings (SSSR count). The first-order valence-corrected chi connectivity index (χ1v) is 7.23. The Bertz CT molecular complexity index is 601. The Morgan fingerprint density at radius 1 is 1.05 bits per heavy atom. The van der Waals surface area contributed by atoms with Crippen LogP contribution in [0.3, 0.4) is 0 Å². The van der Waals surface area contributed by atoms with E-state index in [4.69, 9.17) is 17.3 Å². The molecule has 1 aliphatic rings. The van der Waals surface area contributed by atoms with Crippen molar-refractivity contribution in [2.75, 3.05) is 6.54 Å². The molecule has 1 atom stereocenters. The van der Waals surface area contributed by atoms with Crippen LogP contribution in [-0.4, -0.2) is 11.7 Å². The maximum Gasteiger partial charge on any atom is 0.0879 e. The summed E-state index contributed by atoms with van der Waals surface area (Å²) in [5.74, 6) is 0. The Hall–Kier alpha value is -1.35. The second-order valence-corrected chi connectivity index (χ2v) is 6.02. The minimum Gasteiger partial charge on any atom is -0.388 e. The summed E-state index contributed by atoms with van der Waals surface area (Å²) in [4.78, 5) is 0. The molecule has 0 amide bonds. The van der Waals surface area contributed by atoms with E-state index in [9.17, 15) is 5.11 Å². The van der Waals surface area contributed by atoms with Gasteiger partial charge in [-0.05, 0) is 35.6 Å². The van der Waals surface area contributed by atoms with Crippen LogP contribution in [0.1, 0.15) is 22.8 Å². The zero-order chi connectivity index (χ0) is 14.2. The lowest BCUT2D eigenvalue weighted by Crippen LogP contribution is -2.37. The Balaban J connectivity index is 1.98. The molecule has 0 saturated carbocycles. The van der Waals surface area contributed by atoms with E-state index in [0.717, 1.165) is 18.4 Å². The fourth-order valence-electron chi connectivity index (χ4n) is 3.20. The van der Waals surface area contributed by atoms with Crippen LogP contribution < -0.4 is 5.73 Å². The highest BCUT2D eigenvalue weighted by atomic mass is 35.5. The molecule has 2 nitrogen and oxygen atoms in total. The van der Waals surface area contributed by atoms with E-state index in [1.807, 2.05) is 36.4 Å². The molecular formula is C17H18ClNO. The molecule has 3 heteroatoms. The number of halogens is 1. The summed E-state index contributed by atoms with van der Waals surface area (Å²) >= 11 is 6.23. The number of fused-ring (bicyclic) bond motifs is 1. The van der Waals surface area contributed by atoms with Gasteiger partial charge in [0.2, 0.25) is 0 Å². The third-order valence-electron chi connectivity index (χ3n) is 4.39. The van der Waals surface area contributed by atoms with Crippen molar-refractivity contribution in [2.45, 2.75) is 18.9 Å². The van der Waals surface area contributed by atoms with Crippen LogP contribution in [0, 0.1) is 5.41 Å². The molecule has 0 aromatic heterocycles. The van der Waals surface area contributed by atoms with E-state index in [1.54, 1.807) is 0 Å². The minimum atomic E-state index is -0.645. The number of hydrogen-bond acceptors (Lipinski definition) is 2. The fourth-order valence-corrected chi connectivity index (χ4v) is 3.44. The molecule has 0 radical (unpaired) electrons. The molecule has 1 aliphatic carbocycles. The monoisotopic (exact) mass is 287 g/mol. The van der Waals surface area contributed by atoms with Gasteiger partial charge < -0.3 is 10.8 Å². The third-order valence-corrected chi connectivity index (χ3v) is 4.73. The molecule has 0 heterocycles. The second kappa shape index (κ2) is 5.21. The SMILES string of the molecule is NCC1(C(O)c2ccccc2Cl)Cc2ccccc2C1. The van der Waals surface area contributed by atoms with Gasteiger partial charge in [-0.1, -0.05) is 54.1 Å². The Kier molecular flexibility index (Phi) is 3.55. The molecule has 2 aromatic rings. The van der Waals surface area contributed by atoms with Crippen molar-refractivity contribution in [3.05, 3.63) is 70.2 Å². The van der Waals surface area contributed by atoms with Crippen LogP contribution in [0.25, 0.3) is 0 Å². The first kappa shape index (κ1) is 13.6. The quantitative estimate of drug-likeness (QED) is 0.911. The Morgan fingerprint density at radius 3 is 2.15 bits per heavy atom. The summed E-state index contributed by atoms with van der Waals surface area (Å²) in [7, 11) is 0. The lowest BCUT2D eigenvalue weighted by molar-refractivity contribution is 0.0359. The van der Waals surface area contributed by atoms with Crippen LogP contribution in [0.15, 0.2) is 48.5 Å². The molecule has 0 fully saturated rings. The van der Waals surface area contributed by atoms with Crippen molar-refractivity contribution in [3.63, 3.8) is 0 Å². The molecule has 0 saturated heterocycles. The van der Waals surface area contributed by atoms with E-state index in [-0.39, 0.29) is 5.41 Å². The zero-order valence-corrected chi connectivity index (χ0v) is 12.0. The van der Waals surface area contributed by atoms with Crippen molar-refractivity contribution < 1.29 is 5.11 Å². The van der Waals surface area contributed by atoms with Gasteiger partial charge in [0.25, 0.3) is 0 Å². The molecule has 20 heavy (non-hydrogen) atoms. The molecule has 104 valence electrons. The van der Waals surface area contributed by atoms with Gasteiger partial charge in [-0.3, -0.25) is 0 Å². The van der Waals surface area contributed by atoms with Crippen molar-refractivity contribution in [2.24, 2.45) is 11.1 Å². The van der Waals surface area contributed by atoms with Crippen molar-refractivity contribution in [1.82, 2.24) is 0 Å². The van der Waals surface area contributed by atoms with Crippen LogP contribution in [-0.2, 0) is 12.8 Å². The van der Waals surface area contributed by atoms with Gasteiger partial charge in [-0.2, -0.15) is 0 Å². The zero-order valence-electron chi connectivity index (χ0n) is 11.2. The van der Waals surface area contributed by atoms with E-state index in [2.05, 4.69) is 12.1 Å². The molecule has 0 spiro atoms. The van der Waals surface area contributed by atoms with Crippen molar-refractivity contribution >= 4 is 11.6 Å². The average Bonchev–Trinajstić information content (AvgIpc) is 2.87. The predicted molar refractivity (Wildman–Crippen MR) is 81.7 cm³/mol. The summed E-state index contributed by atoms with van der Waals surface area (Å²) in [6, 6.07) is 15.8. The lowest BCUT2D eigenvalue weighted by Gasteiger charge is -2.33. The highest BCUT2D eigenvalue weighted by Gasteiger charge is 2.43. The summed E-state index contributed by atoms with van der Waals surface area (Å²) < 4.78 is 0. The number of hydrogen-bond donors (Lipinski definition) is 2. The Labute approximate surface area is 124 Å². The number of aliphatic hydroxyl groups is 1. The molecule has 0 bridgehead atoms. The summed E-state index contributed by atoms with van der Waals surface area (Å²) in [5.41, 5.74) is 9.01. The molecule has 3 N–H and O–H groups in total. The first-order valence-electron chi connectivity index (χ1n) is 6.86. The topological polar surface area (TPSA) is 46.2 Å². The average molecular weight is 288 g/mol. The van der Waals surface area contributed by atoms with Gasteiger partial charge in [0.15, 0.2) is 0 Å². The van der Waals surface area contributed by atoms with Gasteiger partial charge in [0.1, 0.15) is 0 Å². The van der Waals surface area contributed by atoms with E-state index in [1.165, 1.54) is 11.1 Å². The molecule has 0 aliphatic heterocycles. The van der Waals surface area contributed by atoms with Crippen molar-refractivity contribution in [3.8, 4) is 0 Å². The fraction of sp³-hybridized carbons (Fsp3) is 0.294. The standard InChI is InChI=1S/C17H18ClNO/c18-15-8-4-3-7-14(15)16(20)17(11-19)9-12-5-1-2-6-13(12)10-17/h1-8,16,20H,9-11,19H2. The third kappa shape index (κ3) is 2.14. The Morgan fingerprint density at radius 2 is 1.60 bits per heavy atom. The highest BCUT2D eigenvalue weighted by Crippen LogP contribution is 2.46. The van der Waals surface area contributed by atoms with Gasteiger partial charge in [0, 0.05) is 17.0 Å². The summed E-state index contributed by atoms with van der Waals surface area (Å²) in [6.07, 6.45) is 0.951. The van der Waals surface area contributed by atoms with Crippen molar-refractivity contribution in [1.29, 1.82) is 0 Å². The number of rotatable bonds is 3. The number of benzene rings is 2. The minimum absolute atomic E-state index is 0.353. The first-order chi connectivity index (χ1) is 9.66. The molecular weight excluding hydrogens is 270 g/mol. The van der Waals surface area contributed by atoms with Crippen LogP contribution in [0.4, 0.5) is 0 Å². The summed E-state index contributed by atoms with van der Waals surface area (Å²) in [5, 5.41) is 11.5. The lowest BCUT2D eigenvalue weighted by atomic mass is 9.76. The number of nitrogens with two attached hydrogens (primary N) is 1. The number of aliphatic hydroxyl groups excluding tert-OH is 1.